The summed E-state index contributed by atoms with van der Waals surface area (Å²) in [6.45, 7) is 11.6. The molecule has 2 heteroatoms. The fraction of sp³-hybridized carbons (Fsp3) is 0.647. The van der Waals surface area contributed by atoms with Crippen molar-refractivity contribution in [1.29, 1.82) is 0 Å². The largest absolute Gasteiger partial charge is 0.312 e. The van der Waals surface area contributed by atoms with Crippen LogP contribution < -0.4 is 5.32 Å². The lowest BCUT2D eigenvalue weighted by atomic mass is 9.94. The van der Waals surface area contributed by atoms with E-state index in [1.54, 1.807) is 5.56 Å². The van der Waals surface area contributed by atoms with Gasteiger partial charge < -0.3 is 5.32 Å². The van der Waals surface area contributed by atoms with E-state index in [-0.39, 0.29) is 0 Å². The lowest BCUT2D eigenvalue weighted by Crippen LogP contribution is -2.40. The zero-order chi connectivity index (χ0) is 13.4. The maximum Gasteiger partial charge on any atom is 0.0239 e. The van der Waals surface area contributed by atoms with Crippen LogP contribution >= 0.6 is 0 Å². The Hall–Kier alpha value is -0.860. The van der Waals surface area contributed by atoms with Gasteiger partial charge in [0.15, 0.2) is 0 Å². The molecule has 0 aliphatic carbocycles. The lowest BCUT2D eigenvalue weighted by molar-refractivity contribution is 0.311. The molecule has 104 valence electrons. The molecule has 0 bridgehead atoms. The Kier molecular flexibility index (Phi) is 3.64. The number of nitrogens with zero attached hydrogens (tertiary/aromatic N) is 1. The van der Waals surface area contributed by atoms with Crippen molar-refractivity contribution < 1.29 is 0 Å². The van der Waals surface area contributed by atoms with Crippen LogP contribution in [-0.2, 0) is 6.54 Å². The first-order chi connectivity index (χ1) is 9.13. The highest BCUT2D eigenvalue weighted by atomic mass is 15.2. The van der Waals surface area contributed by atoms with Crippen molar-refractivity contribution in [1.82, 2.24) is 10.2 Å². The van der Waals surface area contributed by atoms with E-state index in [4.69, 9.17) is 0 Å². The van der Waals surface area contributed by atoms with Crippen molar-refractivity contribution in [3.63, 3.8) is 0 Å². The van der Waals surface area contributed by atoms with E-state index in [1.807, 2.05) is 0 Å². The third kappa shape index (κ3) is 2.70. The van der Waals surface area contributed by atoms with Gasteiger partial charge in [-0.15, -0.1) is 0 Å². The molecular weight excluding hydrogens is 232 g/mol. The summed E-state index contributed by atoms with van der Waals surface area (Å²) in [5.41, 5.74) is 5.85. The van der Waals surface area contributed by atoms with Crippen molar-refractivity contribution in [2.24, 2.45) is 5.92 Å². The molecule has 2 unspecified atom stereocenters. The van der Waals surface area contributed by atoms with Gasteiger partial charge in [0.1, 0.15) is 0 Å². The van der Waals surface area contributed by atoms with Gasteiger partial charge in [-0.1, -0.05) is 17.7 Å². The first-order valence-corrected chi connectivity index (χ1v) is 7.66. The highest BCUT2D eigenvalue weighted by molar-refractivity contribution is 5.37. The molecule has 2 nitrogen and oxygen atoms in total. The van der Waals surface area contributed by atoms with Gasteiger partial charge >= 0.3 is 0 Å². The van der Waals surface area contributed by atoms with Crippen LogP contribution in [0, 0.1) is 26.7 Å². The second kappa shape index (κ2) is 5.26. The zero-order valence-corrected chi connectivity index (χ0v) is 12.5. The summed E-state index contributed by atoms with van der Waals surface area (Å²) in [6.07, 6.45) is 2.78. The quantitative estimate of drug-likeness (QED) is 0.877. The van der Waals surface area contributed by atoms with Gasteiger partial charge in [-0.25, -0.2) is 0 Å². The van der Waals surface area contributed by atoms with Crippen LogP contribution in [0.5, 0.6) is 0 Å². The molecule has 1 N–H and O–H groups in total. The molecule has 2 aliphatic rings. The predicted molar refractivity (Wildman–Crippen MR) is 80.4 cm³/mol. The van der Waals surface area contributed by atoms with Gasteiger partial charge in [0.05, 0.1) is 0 Å². The Balaban J connectivity index is 1.72. The predicted octanol–water partition coefficient (Wildman–Crippen LogP) is 2.80. The molecule has 0 spiro atoms. The van der Waals surface area contributed by atoms with Crippen LogP contribution in [0.1, 0.15) is 35.1 Å². The molecule has 2 fully saturated rings. The maximum absolute atomic E-state index is 3.69. The SMILES string of the molecule is Cc1cc(C)c(CN2CC3CCCNC3C2)c(C)c1. The molecule has 1 aromatic rings. The highest BCUT2D eigenvalue weighted by Crippen LogP contribution is 2.27. The lowest BCUT2D eigenvalue weighted by Gasteiger charge is -2.24. The van der Waals surface area contributed by atoms with Gasteiger partial charge in [0.25, 0.3) is 0 Å². The molecule has 2 heterocycles. The third-order valence-electron chi connectivity index (χ3n) is 4.90. The first-order valence-electron chi connectivity index (χ1n) is 7.66. The zero-order valence-electron chi connectivity index (χ0n) is 12.5. The van der Waals surface area contributed by atoms with Gasteiger partial charge in [0, 0.05) is 25.7 Å². The molecule has 3 rings (SSSR count). The van der Waals surface area contributed by atoms with E-state index in [9.17, 15) is 0 Å². The fourth-order valence-corrected chi connectivity index (χ4v) is 3.95. The van der Waals surface area contributed by atoms with Crippen molar-refractivity contribution in [2.45, 2.75) is 46.2 Å². The highest BCUT2D eigenvalue weighted by Gasteiger charge is 2.34. The Bertz CT molecular complexity index is 429. The minimum Gasteiger partial charge on any atom is -0.312 e. The standard InChI is InChI=1S/C17H26N2/c1-12-7-13(2)16(14(3)8-12)10-19-9-15-5-4-6-18-17(15)11-19/h7-8,15,17-18H,4-6,9-11H2,1-3H3. The summed E-state index contributed by atoms with van der Waals surface area (Å²) in [4.78, 5) is 2.65. The topological polar surface area (TPSA) is 15.3 Å². The number of fused-ring (bicyclic) bond motifs is 1. The maximum atomic E-state index is 3.69. The summed E-state index contributed by atoms with van der Waals surface area (Å²) >= 11 is 0. The molecule has 2 atom stereocenters. The molecule has 0 radical (unpaired) electrons. The van der Waals surface area contributed by atoms with E-state index in [2.05, 4.69) is 43.1 Å². The van der Waals surface area contributed by atoms with Crippen molar-refractivity contribution in [3.8, 4) is 0 Å². The molecular formula is C17H26N2. The molecule has 19 heavy (non-hydrogen) atoms. The van der Waals surface area contributed by atoms with Crippen LogP contribution in [0.3, 0.4) is 0 Å². The number of hydrogen-bond acceptors (Lipinski definition) is 2. The Morgan fingerprint density at radius 2 is 1.89 bits per heavy atom. The van der Waals surface area contributed by atoms with E-state index < -0.39 is 0 Å². The number of aryl methyl sites for hydroxylation is 3. The van der Waals surface area contributed by atoms with Gasteiger partial charge in [-0.2, -0.15) is 0 Å². The Morgan fingerprint density at radius 3 is 2.58 bits per heavy atom. The number of rotatable bonds is 2. The van der Waals surface area contributed by atoms with Crippen LogP contribution in [0.2, 0.25) is 0 Å². The van der Waals surface area contributed by atoms with Crippen molar-refractivity contribution in [2.75, 3.05) is 19.6 Å². The summed E-state index contributed by atoms with van der Waals surface area (Å²) in [7, 11) is 0. The van der Waals surface area contributed by atoms with E-state index in [0.29, 0.717) is 0 Å². The second-order valence-corrected chi connectivity index (χ2v) is 6.53. The van der Waals surface area contributed by atoms with Gasteiger partial charge in [-0.05, 0) is 62.8 Å². The van der Waals surface area contributed by atoms with E-state index >= 15 is 0 Å². The van der Waals surface area contributed by atoms with Gasteiger partial charge in [-0.3, -0.25) is 4.90 Å². The number of likely N-dealkylation sites (tertiary alicyclic amines) is 1. The molecule has 0 saturated carbocycles. The van der Waals surface area contributed by atoms with Crippen LogP contribution in [0.4, 0.5) is 0 Å². The molecule has 1 aromatic carbocycles. The summed E-state index contributed by atoms with van der Waals surface area (Å²) < 4.78 is 0. The summed E-state index contributed by atoms with van der Waals surface area (Å²) in [5.74, 6) is 0.889. The first kappa shape index (κ1) is 13.1. The minimum atomic E-state index is 0.750. The normalized spacial score (nSPS) is 27.5. The van der Waals surface area contributed by atoms with E-state index in [1.165, 1.54) is 49.2 Å². The molecule has 2 saturated heterocycles. The smallest absolute Gasteiger partial charge is 0.0239 e. The Morgan fingerprint density at radius 1 is 1.16 bits per heavy atom. The van der Waals surface area contributed by atoms with Crippen molar-refractivity contribution in [3.05, 3.63) is 34.4 Å². The third-order valence-corrected chi connectivity index (χ3v) is 4.90. The number of nitrogens with one attached hydrogen (secondary N) is 1. The second-order valence-electron chi connectivity index (χ2n) is 6.53. The Labute approximate surface area is 117 Å². The molecule has 2 aliphatic heterocycles. The average Bonchev–Trinajstić information content (AvgIpc) is 2.76. The molecule has 0 aromatic heterocycles. The monoisotopic (exact) mass is 258 g/mol. The fourth-order valence-electron chi connectivity index (χ4n) is 3.95. The summed E-state index contributed by atoms with van der Waals surface area (Å²) in [5, 5.41) is 3.69. The molecule has 0 amide bonds. The minimum absolute atomic E-state index is 0.750. The number of piperidine rings is 1. The van der Waals surface area contributed by atoms with Crippen LogP contribution in [-0.4, -0.2) is 30.6 Å². The number of hydrogen-bond donors (Lipinski definition) is 1. The van der Waals surface area contributed by atoms with E-state index in [0.717, 1.165) is 18.5 Å². The average molecular weight is 258 g/mol. The number of benzene rings is 1. The van der Waals surface area contributed by atoms with Crippen molar-refractivity contribution >= 4 is 0 Å². The van der Waals surface area contributed by atoms with Crippen LogP contribution in [0.25, 0.3) is 0 Å². The van der Waals surface area contributed by atoms with Gasteiger partial charge in [0.2, 0.25) is 0 Å². The summed E-state index contributed by atoms with van der Waals surface area (Å²) in [6, 6.07) is 5.40. The van der Waals surface area contributed by atoms with Crippen LogP contribution in [0.15, 0.2) is 12.1 Å².